The summed E-state index contributed by atoms with van der Waals surface area (Å²) >= 11 is 5.56. The van der Waals surface area contributed by atoms with Gasteiger partial charge in [0.05, 0.1) is 17.1 Å². The molecule has 0 aliphatic heterocycles. The predicted molar refractivity (Wildman–Crippen MR) is 60.8 cm³/mol. The zero-order valence-electron chi connectivity index (χ0n) is 8.91. The monoisotopic (exact) mass is 294 g/mol. The minimum absolute atomic E-state index is 0.447. The van der Waals surface area contributed by atoms with Gasteiger partial charge in [0.1, 0.15) is 10.5 Å². The molecule has 0 saturated carbocycles. The Morgan fingerprint density at radius 2 is 2.06 bits per heavy atom. The van der Waals surface area contributed by atoms with E-state index in [1.807, 2.05) is 0 Å². The van der Waals surface area contributed by atoms with E-state index in [2.05, 4.69) is 4.74 Å². The normalized spacial score (nSPS) is 11.1. The van der Waals surface area contributed by atoms with Crippen LogP contribution in [0.4, 0.5) is 5.69 Å². The molecule has 0 radical (unpaired) electrons. The number of hydrogen-bond donors (Lipinski definition) is 1. The first-order valence-corrected chi connectivity index (χ1v) is 6.20. The molecule has 2 N–H and O–H groups in total. The van der Waals surface area contributed by atoms with Gasteiger partial charge < -0.3 is 4.74 Å². The van der Waals surface area contributed by atoms with Crippen LogP contribution in [0.2, 0.25) is 5.02 Å². The molecule has 0 unspecified atom stereocenters. The topological polar surface area (TPSA) is 130 Å². The van der Waals surface area contributed by atoms with Crippen LogP contribution in [0.1, 0.15) is 10.4 Å². The zero-order valence-corrected chi connectivity index (χ0v) is 10.5. The number of ether oxygens (including phenoxy) is 1. The Morgan fingerprint density at radius 1 is 1.50 bits per heavy atom. The highest BCUT2D eigenvalue weighted by atomic mass is 35.5. The summed E-state index contributed by atoms with van der Waals surface area (Å²) in [6, 6.07) is 1.44. The molecule has 0 atom stereocenters. The summed E-state index contributed by atoms with van der Waals surface area (Å²) in [5.74, 6) is -1.07. The zero-order chi connectivity index (χ0) is 14.1. The van der Waals surface area contributed by atoms with Gasteiger partial charge in [-0.05, 0) is 6.07 Å². The molecule has 1 aromatic carbocycles. The molecule has 0 saturated heterocycles. The average Bonchev–Trinajstić information content (AvgIpc) is 2.25. The lowest BCUT2D eigenvalue weighted by Crippen LogP contribution is -2.15. The van der Waals surface area contributed by atoms with E-state index in [0.717, 1.165) is 13.2 Å². The number of rotatable bonds is 3. The van der Waals surface area contributed by atoms with E-state index >= 15 is 0 Å². The lowest BCUT2D eigenvalue weighted by atomic mass is 10.2. The number of benzene rings is 1. The molecule has 98 valence electrons. The highest BCUT2D eigenvalue weighted by Gasteiger charge is 2.26. The first kappa shape index (κ1) is 14.4. The summed E-state index contributed by atoms with van der Waals surface area (Å²) in [6.45, 7) is 0. The van der Waals surface area contributed by atoms with Crippen LogP contribution in [0.3, 0.4) is 0 Å². The maximum Gasteiger partial charge on any atom is 0.344 e. The number of nitrogens with zero attached hydrogens (tertiary/aromatic N) is 1. The molecular weight excluding hydrogens is 288 g/mol. The van der Waals surface area contributed by atoms with Gasteiger partial charge in [-0.15, -0.1) is 0 Å². The summed E-state index contributed by atoms with van der Waals surface area (Å²) in [5, 5.41) is 15.1. The maximum atomic E-state index is 11.3. The Bertz CT molecular complexity index is 627. The van der Waals surface area contributed by atoms with Crippen LogP contribution < -0.4 is 5.14 Å². The number of nitrogens with two attached hydrogens (primary N) is 1. The molecule has 8 nitrogen and oxygen atoms in total. The smallest absolute Gasteiger partial charge is 0.344 e. The molecule has 0 bridgehead atoms. The van der Waals surface area contributed by atoms with Crippen LogP contribution in [0.25, 0.3) is 0 Å². The number of halogens is 1. The van der Waals surface area contributed by atoms with Crippen LogP contribution in [0.5, 0.6) is 0 Å². The number of hydrogen-bond acceptors (Lipinski definition) is 6. The third-order valence-corrected chi connectivity index (χ3v) is 3.33. The second kappa shape index (κ2) is 4.88. The van der Waals surface area contributed by atoms with Crippen LogP contribution in [0, 0.1) is 10.1 Å². The fourth-order valence-corrected chi connectivity index (χ4v) is 2.28. The van der Waals surface area contributed by atoms with Crippen molar-refractivity contribution in [2.75, 3.05) is 7.11 Å². The average molecular weight is 295 g/mol. The van der Waals surface area contributed by atoms with Gasteiger partial charge in [-0.3, -0.25) is 10.1 Å². The van der Waals surface area contributed by atoms with Crippen LogP contribution >= 0.6 is 11.6 Å². The Kier molecular flexibility index (Phi) is 3.89. The first-order valence-electron chi connectivity index (χ1n) is 4.27. The van der Waals surface area contributed by atoms with Gasteiger partial charge in [-0.1, -0.05) is 11.6 Å². The Morgan fingerprint density at radius 3 is 2.44 bits per heavy atom. The third-order valence-electron chi connectivity index (χ3n) is 1.96. The van der Waals surface area contributed by atoms with Crippen molar-refractivity contribution in [3.63, 3.8) is 0 Å². The van der Waals surface area contributed by atoms with E-state index in [9.17, 15) is 23.3 Å². The summed E-state index contributed by atoms with van der Waals surface area (Å²) in [4.78, 5) is 20.6. The molecule has 0 amide bonds. The highest BCUT2D eigenvalue weighted by molar-refractivity contribution is 7.89. The maximum absolute atomic E-state index is 11.3. The lowest BCUT2D eigenvalue weighted by Gasteiger charge is -2.05. The summed E-state index contributed by atoms with van der Waals surface area (Å²) < 4.78 is 26.7. The first-order chi connectivity index (χ1) is 8.18. The predicted octanol–water partition coefficient (Wildman–Crippen LogP) is 0.682. The Labute approximate surface area is 106 Å². The van der Waals surface area contributed by atoms with Gasteiger partial charge in [0.25, 0.3) is 5.69 Å². The molecule has 1 rings (SSSR count). The minimum Gasteiger partial charge on any atom is -0.465 e. The van der Waals surface area contributed by atoms with Crippen molar-refractivity contribution in [2.24, 2.45) is 5.14 Å². The minimum atomic E-state index is -4.20. The molecule has 0 fully saturated rings. The van der Waals surface area contributed by atoms with E-state index in [1.165, 1.54) is 0 Å². The highest BCUT2D eigenvalue weighted by Crippen LogP contribution is 2.29. The van der Waals surface area contributed by atoms with Crippen molar-refractivity contribution < 1.29 is 22.9 Å². The van der Waals surface area contributed by atoms with E-state index < -0.39 is 42.1 Å². The standard InChI is InChI=1S/C8H7ClN2O6S/c1-17-8(12)4-2-7(18(10,15)16)5(9)3-6(4)11(13)14/h2-3H,1H3,(H2,10,15,16). The summed E-state index contributed by atoms with van der Waals surface area (Å²) in [7, 11) is -3.21. The Hall–Kier alpha value is -1.71. The molecule has 10 heteroatoms. The quantitative estimate of drug-likeness (QED) is 0.495. The van der Waals surface area contributed by atoms with Crippen LogP contribution in [-0.2, 0) is 14.8 Å². The number of nitro benzene ring substituents is 1. The number of carbonyl (C=O) groups is 1. The molecule has 0 spiro atoms. The van der Waals surface area contributed by atoms with Crippen molar-refractivity contribution in [3.8, 4) is 0 Å². The number of carbonyl (C=O) groups excluding carboxylic acids is 1. The second-order valence-corrected chi connectivity index (χ2v) is 5.03. The number of primary sulfonamides is 1. The van der Waals surface area contributed by atoms with Crippen molar-refractivity contribution in [3.05, 3.63) is 32.8 Å². The largest absolute Gasteiger partial charge is 0.465 e. The van der Waals surface area contributed by atoms with Gasteiger partial charge in [0.15, 0.2) is 0 Å². The van der Waals surface area contributed by atoms with Crippen molar-refractivity contribution in [2.45, 2.75) is 4.90 Å². The second-order valence-electron chi connectivity index (χ2n) is 3.09. The van der Waals surface area contributed by atoms with Crippen LogP contribution in [-0.4, -0.2) is 26.4 Å². The van der Waals surface area contributed by atoms with E-state index in [-0.39, 0.29) is 0 Å². The van der Waals surface area contributed by atoms with Gasteiger partial charge in [-0.2, -0.15) is 0 Å². The number of methoxy groups -OCH3 is 1. The third kappa shape index (κ3) is 2.75. The van der Waals surface area contributed by atoms with Crippen molar-refractivity contribution >= 4 is 33.3 Å². The molecule has 18 heavy (non-hydrogen) atoms. The number of nitro groups is 1. The fourth-order valence-electron chi connectivity index (χ4n) is 1.19. The van der Waals surface area contributed by atoms with Gasteiger partial charge in [0, 0.05) is 6.07 Å². The molecule has 0 aliphatic carbocycles. The van der Waals surface area contributed by atoms with Gasteiger partial charge in [-0.25, -0.2) is 18.4 Å². The van der Waals surface area contributed by atoms with E-state index in [4.69, 9.17) is 16.7 Å². The fraction of sp³-hybridized carbons (Fsp3) is 0.125. The molecule has 0 heterocycles. The summed E-state index contributed by atoms with van der Waals surface area (Å²) in [6.07, 6.45) is 0. The molecule has 0 aliphatic rings. The van der Waals surface area contributed by atoms with E-state index in [0.29, 0.717) is 6.07 Å². The van der Waals surface area contributed by atoms with Gasteiger partial charge in [0.2, 0.25) is 10.0 Å². The molecule has 0 aromatic heterocycles. The van der Waals surface area contributed by atoms with Crippen molar-refractivity contribution in [1.29, 1.82) is 0 Å². The van der Waals surface area contributed by atoms with Crippen LogP contribution in [0.15, 0.2) is 17.0 Å². The number of sulfonamides is 1. The summed E-state index contributed by atoms with van der Waals surface area (Å²) in [5.41, 5.74) is -1.21. The van der Waals surface area contributed by atoms with E-state index in [1.54, 1.807) is 0 Å². The SMILES string of the molecule is COC(=O)c1cc(S(N)(=O)=O)c(Cl)cc1[N+](=O)[O-]. The van der Waals surface area contributed by atoms with Gasteiger partial charge >= 0.3 is 5.97 Å². The lowest BCUT2D eigenvalue weighted by molar-refractivity contribution is -0.385. The van der Waals surface area contributed by atoms with Crippen molar-refractivity contribution in [1.82, 2.24) is 0 Å². The number of esters is 1. The Balaban J connectivity index is 3.66. The molecular formula is C8H7ClN2O6S. The molecule has 1 aromatic rings.